The number of hydrogen-bond acceptors (Lipinski definition) is 1. The molecule has 4 rings (SSSR count). The number of rotatable bonds is 1. The molecule has 2 unspecified atom stereocenters. The molecular formula is C18H20O. The van der Waals surface area contributed by atoms with Crippen LogP contribution in [0.4, 0.5) is 0 Å². The van der Waals surface area contributed by atoms with E-state index in [1.807, 2.05) is 0 Å². The molecule has 19 heavy (non-hydrogen) atoms. The summed E-state index contributed by atoms with van der Waals surface area (Å²) >= 11 is 0. The smallest absolute Gasteiger partial charge is 0.169 e. The summed E-state index contributed by atoms with van der Waals surface area (Å²) in [5.74, 6) is 1.06. The van der Waals surface area contributed by atoms with Gasteiger partial charge in [-0.2, -0.15) is 0 Å². The van der Waals surface area contributed by atoms with Crippen molar-refractivity contribution in [2.75, 3.05) is 0 Å². The van der Waals surface area contributed by atoms with Crippen LogP contribution < -0.4 is 0 Å². The van der Waals surface area contributed by atoms with Crippen LogP contribution in [0.15, 0.2) is 29.8 Å². The highest BCUT2D eigenvalue weighted by Crippen LogP contribution is 2.58. The molecule has 1 nitrogen and oxygen atoms in total. The van der Waals surface area contributed by atoms with E-state index < -0.39 is 0 Å². The van der Waals surface area contributed by atoms with Gasteiger partial charge in [0.05, 0.1) is 0 Å². The van der Waals surface area contributed by atoms with Crippen molar-refractivity contribution < 1.29 is 4.79 Å². The minimum Gasteiger partial charge on any atom is -0.294 e. The van der Waals surface area contributed by atoms with Gasteiger partial charge >= 0.3 is 0 Å². The van der Waals surface area contributed by atoms with Crippen molar-refractivity contribution in [2.24, 2.45) is 11.3 Å². The van der Waals surface area contributed by atoms with Crippen LogP contribution in [0.3, 0.4) is 0 Å². The number of fused-ring (bicyclic) bond motifs is 4. The summed E-state index contributed by atoms with van der Waals surface area (Å²) in [4.78, 5) is 13.1. The Kier molecular flexibility index (Phi) is 2.30. The van der Waals surface area contributed by atoms with Gasteiger partial charge in [0.15, 0.2) is 5.78 Å². The summed E-state index contributed by atoms with van der Waals surface area (Å²) in [5, 5.41) is 0. The maximum absolute atomic E-state index is 13.1. The van der Waals surface area contributed by atoms with Gasteiger partial charge in [0, 0.05) is 11.0 Å². The molecule has 0 heterocycles. The van der Waals surface area contributed by atoms with Crippen molar-refractivity contribution in [2.45, 2.75) is 45.4 Å². The van der Waals surface area contributed by atoms with Crippen molar-refractivity contribution in [1.29, 1.82) is 0 Å². The first-order valence-electron chi connectivity index (χ1n) is 7.58. The summed E-state index contributed by atoms with van der Waals surface area (Å²) in [7, 11) is 0. The topological polar surface area (TPSA) is 17.1 Å². The summed E-state index contributed by atoms with van der Waals surface area (Å²) in [6.07, 6.45) is 8.98. The molecule has 0 amide bonds. The van der Waals surface area contributed by atoms with Crippen LogP contribution in [-0.2, 0) is 12.8 Å². The van der Waals surface area contributed by atoms with Crippen molar-refractivity contribution in [3.63, 3.8) is 0 Å². The average molecular weight is 252 g/mol. The number of carbonyl (C=O) groups excluding carboxylic acids is 1. The third kappa shape index (κ3) is 1.39. The lowest BCUT2D eigenvalue weighted by atomic mass is 9.62. The predicted octanol–water partition coefficient (Wildman–Crippen LogP) is 4.10. The maximum Gasteiger partial charge on any atom is 0.169 e. The normalized spacial score (nSPS) is 31.7. The molecule has 1 aromatic carbocycles. The quantitative estimate of drug-likeness (QED) is 0.688. The first-order chi connectivity index (χ1) is 9.24. The number of carbonyl (C=O) groups is 1. The van der Waals surface area contributed by atoms with Gasteiger partial charge in [0.25, 0.3) is 0 Å². The van der Waals surface area contributed by atoms with Crippen molar-refractivity contribution in [3.05, 3.63) is 46.5 Å². The predicted molar refractivity (Wildman–Crippen MR) is 76.3 cm³/mol. The summed E-state index contributed by atoms with van der Waals surface area (Å²) in [6, 6.07) is 6.33. The molecule has 0 saturated heterocycles. The Morgan fingerprint density at radius 2 is 2.26 bits per heavy atom. The van der Waals surface area contributed by atoms with Gasteiger partial charge in [-0.25, -0.2) is 0 Å². The highest BCUT2D eigenvalue weighted by molar-refractivity contribution is 6.04. The summed E-state index contributed by atoms with van der Waals surface area (Å²) in [6.45, 7) is 2.19. The molecule has 2 bridgehead atoms. The molecule has 0 N–H and O–H groups in total. The second kappa shape index (κ2) is 3.82. The first kappa shape index (κ1) is 11.5. The minimum atomic E-state index is -0.0244. The molecule has 0 aromatic heterocycles. The number of benzene rings is 1. The summed E-state index contributed by atoms with van der Waals surface area (Å²) in [5.41, 5.74) is 5.29. The minimum absolute atomic E-state index is 0.0244. The van der Waals surface area contributed by atoms with Crippen LogP contribution in [0.2, 0.25) is 0 Å². The maximum atomic E-state index is 13.1. The Morgan fingerprint density at radius 1 is 1.37 bits per heavy atom. The Bertz CT molecular complexity index is 596. The number of Topliss-reactive ketones (excluding diaryl/α,β-unsaturated/α-hetero) is 1. The molecule has 2 atom stereocenters. The summed E-state index contributed by atoms with van der Waals surface area (Å²) < 4.78 is 0. The number of hydrogen-bond donors (Lipinski definition) is 0. The van der Waals surface area contributed by atoms with Gasteiger partial charge in [-0.15, -0.1) is 0 Å². The molecular weight excluding hydrogens is 232 g/mol. The van der Waals surface area contributed by atoms with Gasteiger partial charge in [0.2, 0.25) is 0 Å². The third-order valence-electron chi connectivity index (χ3n) is 5.70. The number of ketones is 1. The molecule has 1 fully saturated rings. The van der Waals surface area contributed by atoms with Crippen molar-refractivity contribution >= 4 is 5.78 Å². The fourth-order valence-corrected chi connectivity index (χ4v) is 4.67. The zero-order valence-electron chi connectivity index (χ0n) is 11.5. The van der Waals surface area contributed by atoms with Gasteiger partial charge in [-0.05, 0) is 55.6 Å². The van der Waals surface area contributed by atoms with E-state index in [4.69, 9.17) is 0 Å². The molecule has 3 aliphatic carbocycles. The highest BCUT2D eigenvalue weighted by atomic mass is 16.1. The van der Waals surface area contributed by atoms with Crippen LogP contribution in [0.25, 0.3) is 0 Å². The lowest BCUT2D eigenvalue weighted by molar-refractivity contribution is 0.0670. The Morgan fingerprint density at radius 3 is 2.95 bits per heavy atom. The van der Waals surface area contributed by atoms with Crippen LogP contribution in [-0.4, -0.2) is 5.78 Å². The molecule has 98 valence electrons. The Labute approximate surface area is 114 Å². The zero-order valence-corrected chi connectivity index (χ0v) is 11.5. The standard InChI is InChI=1S/C18H20O/c1-2-13-4-3-5-16-15(13)8-9-18(17(16)19)11-12-6-7-14(18)10-12/h3-6,14H,2,7-11H2,1H3. The van der Waals surface area contributed by atoms with E-state index in [-0.39, 0.29) is 5.41 Å². The molecule has 1 heteroatoms. The Hall–Kier alpha value is -1.37. The fourth-order valence-electron chi connectivity index (χ4n) is 4.67. The van der Waals surface area contributed by atoms with Gasteiger partial charge in [0.1, 0.15) is 0 Å². The molecule has 0 aliphatic heterocycles. The van der Waals surface area contributed by atoms with Crippen LogP contribution in [0.1, 0.15) is 54.1 Å². The van der Waals surface area contributed by atoms with Crippen LogP contribution >= 0.6 is 0 Å². The van der Waals surface area contributed by atoms with E-state index in [0.29, 0.717) is 11.7 Å². The second-order valence-electron chi connectivity index (χ2n) is 6.46. The SMILES string of the molecule is CCc1cccc2c1CCC1(CC3=CCC1C3)C2=O. The van der Waals surface area contributed by atoms with Crippen molar-refractivity contribution in [3.8, 4) is 0 Å². The van der Waals surface area contributed by atoms with Crippen LogP contribution in [0, 0.1) is 11.3 Å². The lowest BCUT2D eigenvalue weighted by Gasteiger charge is -2.39. The van der Waals surface area contributed by atoms with Crippen molar-refractivity contribution in [1.82, 2.24) is 0 Å². The molecule has 1 spiro atoms. The third-order valence-corrected chi connectivity index (χ3v) is 5.70. The van der Waals surface area contributed by atoms with E-state index in [2.05, 4.69) is 31.2 Å². The van der Waals surface area contributed by atoms with Gasteiger partial charge in [-0.1, -0.05) is 36.8 Å². The monoisotopic (exact) mass is 252 g/mol. The average Bonchev–Trinajstić information content (AvgIpc) is 3.04. The first-order valence-corrected chi connectivity index (χ1v) is 7.58. The van der Waals surface area contributed by atoms with E-state index >= 15 is 0 Å². The lowest BCUT2D eigenvalue weighted by Crippen LogP contribution is -2.40. The molecule has 1 aromatic rings. The number of allylic oxidation sites excluding steroid dienone is 2. The molecule has 1 saturated carbocycles. The largest absolute Gasteiger partial charge is 0.294 e. The van der Waals surface area contributed by atoms with Crippen LogP contribution in [0.5, 0.6) is 0 Å². The second-order valence-corrected chi connectivity index (χ2v) is 6.46. The fraction of sp³-hybridized carbons (Fsp3) is 0.500. The van der Waals surface area contributed by atoms with Gasteiger partial charge in [-0.3, -0.25) is 4.79 Å². The molecule has 0 radical (unpaired) electrons. The van der Waals surface area contributed by atoms with E-state index in [1.165, 1.54) is 17.5 Å². The van der Waals surface area contributed by atoms with E-state index in [9.17, 15) is 4.79 Å². The Balaban J connectivity index is 1.82. The number of aryl methyl sites for hydroxylation is 1. The highest BCUT2D eigenvalue weighted by Gasteiger charge is 2.53. The van der Waals surface area contributed by atoms with E-state index in [0.717, 1.165) is 37.7 Å². The van der Waals surface area contributed by atoms with E-state index in [1.54, 1.807) is 5.57 Å². The zero-order chi connectivity index (χ0) is 13.0. The van der Waals surface area contributed by atoms with Gasteiger partial charge < -0.3 is 0 Å². The molecule has 3 aliphatic rings.